The topological polar surface area (TPSA) is 132 Å². The van der Waals surface area contributed by atoms with E-state index in [0.717, 1.165) is 12.8 Å². The van der Waals surface area contributed by atoms with E-state index in [2.05, 4.69) is 15.3 Å². The van der Waals surface area contributed by atoms with E-state index < -0.39 is 11.9 Å². The Morgan fingerprint density at radius 3 is 2.66 bits per heavy atom. The first kappa shape index (κ1) is 22.5. The van der Waals surface area contributed by atoms with Crippen LogP contribution in [0.2, 0.25) is 0 Å². The van der Waals surface area contributed by atoms with Crippen LogP contribution in [0.25, 0.3) is 10.9 Å². The number of benzene rings is 2. The Labute approximate surface area is 200 Å². The van der Waals surface area contributed by atoms with Gasteiger partial charge in [-0.05, 0) is 62.2 Å². The molecular formula is C25H24FN7O2. The zero-order valence-electron chi connectivity index (χ0n) is 19.2. The third-order valence-electron chi connectivity index (χ3n) is 6.05. The lowest BCUT2D eigenvalue weighted by Crippen LogP contribution is -2.28. The monoisotopic (exact) mass is 473 g/mol. The van der Waals surface area contributed by atoms with Gasteiger partial charge in [0.1, 0.15) is 35.4 Å². The largest absolute Gasteiger partial charge is 0.497 e. The molecular weight excluding hydrogens is 449 g/mol. The van der Waals surface area contributed by atoms with Crippen LogP contribution >= 0.6 is 0 Å². The molecule has 35 heavy (non-hydrogen) atoms. The van der Waals surface area contributed by atoms with E-state index in [9.17, 15) is 9.18 Å². The highest BCUT2D eigenvalue weighted by Gasteiger charge is 2.30. The molecule has 5 rings (SSSR count). The molecule has 0 bridgehead atoms. The second-order valence-corrected chi connectivity index (χ2v) is 8.49. The van der Waals surface area contributed by atoms with E-state index in [0.29, 0.717) is 34.0 Å². The summed E-state index contributed by atoms with van der Waals surface area (Å²) < 4.78 is 20.6. The number of nitrogens with zero attached hydrogens (tertiary/aromatic N) is 4. The molecule has 0 saturated heterocycles. The molecule has 1 atom stereocenters. The molecule has 0 spiro atoms. The minimum atomic E-state index is -0.476. The van der Waals surface area contributed by atoms with Crippen molar-refractivity contribution in [1.29, 1.82) is 5.41 Å². The Hall–Kier alpha value is -4.34. The molecule has 2 aromatic carbocycles. The number of ether oxygens (including phenoxy) is 1. The van der Waals surface area contributed by atoms with Crippen LogP contribution in [0.3, 0.4) is 0 Å². The average molecular weight is 474 g/mol. The highest BCUT2D eigenvalue weighted by molar-refractivity contribution is 6.16. The first-order chi connectivity index (χ1) is 16.9. The lowest BCUT2D eigenvalue weighted by molar-refractivity contribution is 0.415. The van der Waals surface area contributed by atoms with Gasteiger partial charge in [-0.1, -0.05) is 0 Å². The molecule has 0 radical (unpaired) electrons. The highest BCUT2D eigenvalue weighted by atomic mass is 19.1. The van der Waals surface area contributed by atoms with Gasteiger partial charge in [0.25, 0.3) is 5.56 Å². The number of fused-ring (bicyclic) bond motifs is 1. The molecule has 4 aromatic rings. The first-order valence-electron chi connectivity index (χ1n) is 11.2. The van der Waals surface area contributed by atoms with E-state index in [-0.39, 0.29) is 28.5 Å². The highest BCUT2D eigenvalue weighted by Crippen LogP contribution is 2.36. The molecule has 1 aliphatic carbocycles. The lowest BCUT2D eigenvalue weighted by atomic mass is 10.0. The zero-order valence-corrected chi connectivity index (χ0v) is 19.2. The van der Waals surface area contributed by atoms with Gasteiger partial charge >= 0.3 is 0 Å². The summed E-state index contributed by atoms with van der Waals surface area (Å²) in [7, 11) is 1.57. The number of anilines is 2. The number of nitrogens with two attached hydrogens (primary N) is 1. The molecule has 10 heteroatoms. The van der Waals surface area contributed by atoms with Crippen molar-refractivity contribution >= 4 is 28.3 Å². The van der Waals surface area contributed by atoms with E-state index in [1.807, 2.05) is 6.92 Å². The van der Waals surface area contributed by atoms with Gasteiger partial charge in [-0.2, -0.15) is 0 Å². The minimum absolute atomic E-state index is 0.0226. The Morgan fingerprint density at radius 1 is 1.23 bits per heavy atom. The van der Waals surface area contributed by atoms with Gasteiger partial charge in [0.2, 0.25) is 0 Å². The van der Waals surface area contributed by atoms with Crippen molar-refractivity contribution in [1.82, 2.24) is 19.5 Å². The molecule has 2 aromatic heterocycles. The molecule has 178 valence electrons. The number of aromatic nitrogens is 4. The van der Waals surface area contributed by atoms with Gasteiger partial charge in [-0.25, -0.2) is 19.3 Å². The number of methoxy groups -OCH3 is 1. The Bertz CT molecular complexity index is 1500. The summed E-state index contributed by atoms with van der Waals surface area (Å²) in [6.45, 7) is 1.86. The van der Waals surface area contributed by atoms with Crippen molar-refractivity contribution in [3.05, 3.63) is 81.9 Å². The fourth-order valence-corrected chi connectivity index (χ4v) is 4.11. The predicted molar refractivity (Wildman–Crippen MR) is 132 cm³/mol. The van der Waals surface area contributed by atoms with Gasteiger partial charge < -0.3 is 15.8 Å². The van der Waals surface area contributed by atoms with Gasteiger partial charge in [0.15, 0.2) is 0 Å². The molecule has 1 saturated carbocycles. The second kappa shape index (κ2) is 8.79. The van der Waals surface area contributed by atoms with Crippen LogP contribution in [0, 0.1) is 11.2 Å². The molecule has 2 heterocycles. The van der Waals surface area contributed by atoms with Crippen LogP contribution in [0.4, 0.5) is 16.0 Å². The van der Waals surface area contributed by atoms with Crippen molar-refractivity contribution in [2.45, 2.75) is 31.8 Å². The maximum Gasteiger partial charge on any atom is 0.261 e. The third-order valence-corrected chi connectivity index (χ3v) is 6.05. The van der Waals surface area contributed by atoms with Gasteiger partial charge in [0, 0.05) is 11.6 Å². The van der Waals surface area contributed by atoms with E-state index >= 15 is 0 Å². The lowest BCUT2D eigenvalue weighted by Gasteiger charge is -2.21. The molecule has 1 fully saturated rings. The third kappa shape index (κ3) is 4.18. The normalized spacial score (nSPS) is 14.0. The van der Waals surface area contributed by atoms with Gasteiger partial charge in [-0.15, -0.1) is 0 Å². The quantitative estimate of drug-likeness (QED) is 0.348. The SMILES string of the molecule is COc1ccc(C(=N)c2c(N)ncnc2NC(C)c2nc3ccc(F)cc3c(=O)n2C2CC2)cc1. The summed E-state index contributed by atoms with van der Waals surface area (Å²) in [6.07, 6.45) is 3.03. The maximum absolute atomic E-state index is 13.8. The summed E-state index contributed by atoms with van der Waals surface area (Å²) >= 11 is 0. The standard InChI is InChI=1S/C25H24FN7O2/c1-13(24-32-19-10-5-15(26)11-18(19)25(34)33(24)16-6-7-16)31-23-20(22(28)29-12-30-23)21(27)14-3-8-17(35-2)9-4-14/h3-5,8-13,16,27H,6-7H2,1-2H3,(H3,28,29,30,31). The van der Waals surface area contributed by atoms with Crippen LogP contribution in [-0.4, -0.2) is 32.3 Å². The van der Waals surface area contributed by atoms with E-state index in [1.165, 1.54) is 24.5 Å². The van der Waals surface area contributed by atoms with Crippen molar-refractivity contribution in [2.75, 3.05) is 18.2 Å². The Morgan fingerprint density at radius 2 is 1.97 bits per heavy atom. The van der Waals surface area contributed by atoms with Gasteiger partial charge in [-0.3, -0.25) is 14.8 Å². The number of hydrogen-bond acceptors (Lipinski definition) is 8. The predicted octanol–water partition coefficient (Wildman–Crippen LogP) is 3.84. The minimum Gasteiger partial charge on any atom is -0.497 e. The van der Waals surface area contributed by atoms with Crippen molar-refractivity contribution in [2.24, 2.45) is 0 Å². The van der Waals surface area contributed by atoms with Crippen LogP contribution in [0.5, 0.6) is 5.75 Å². The Kier molecular flexibility index (Phi) is 5.64. The molecule has 0 amide bonds. The zero-order chi connectivity index (χ0) is 24.7. The molecule has 0 aliphatic heterocycles. The summed E-state index contributed by atoms with van der Waals surface area (Å²) in [5.41, 5.74) is 7.42. The number of hydrogen-bond donors (Lipinski definition) is 3. The fraction of sp³-hybridized carbons (Fsp3) is 0.240. The van der Waals surface area contributed by atoms with Crippen molar-refractivity contribution in [3.8, 4) is 5.75 Å². The van der Waals surface area contributed by atoms with Crippen LogP contribution in [0.1, 0.15) is 48.8 Å². The Balaban J connectivity index is 1.55. The maximum atomic E-state index is 13.8. The van der Waals surface area contributed by atoms with Gasteiger partial charge in [0.05, 0.1) is 35.3 Å². The number of rotatable bonds is 7. The van der Waals surface area contributed by atoms with Crippen molar-refractivity contribution in [3.63, 3.8) is 0 Å². The average Bonchev–Trinajstić information content (AvgIpc) is 3.69. The van der Waals surface area contributed by atoms with Crippen LogP contribution < -0.4 is 21.3 Å². The second-order valence-electron chi connectivity index (χ2n) is 8.49. The van der Waals surface area contributed by atoms with Crippen LogP contribution in [0.15, 0.2) is 53.6 Å². The van der Waals surface area contributed by atoms with E-state index in [4.69, 9.17) is 20.9 Å². The molecule has 9 nitrogen and oxygen atoms in total. The number of halogens is 1. The summed E-state index contributed by atoms with van der Waals surface area (Å²) in [5.74, 6) is 1.20. The summed E-state index contributed by atoms with van der Waals surface area (Å²) in [6, 6.07) is 10.6. The molecule has 4 N–H and O–H groups in total. The van der Waals surface area contributed by atoms with Crippen molar-refractivity contribution < 1.29 is 9.13 Å². The number of nitrogen functional groups attached to an aromatic ring is 1. The first-order valence-corrected chi connectivity index (χ1v) is 11.2. The van der Waals surface area contributed by atoms with E-state index in [1.54, 1.807) is 35.9 Å². The fourth-order valence-electron chi connectivity index (χ4n) is 4.11. The smallest absolute Gasteiger partial charge is 0.261 e. The van der Waals surface area contributed by atoms with Crippen LogP contribution in [-0.2, 0) is 0 Å². The molecule has 1 unspecified atom stereocenters. The summed E-state index contributed by atoms with van der Waals surface area (Å²) in [4.78, 5) is 26.4. The molecule has 1 aliphatic rings. The summed E-state index contributed by atoms with van der Waals surface area (Å²) in [5, 5.41) is 12.3. The number of nitrogens with one attached hydrogen (secondary N) is 2.